The topological polar surface area (TPSA) is 86.2 Å². The smallest absolute Gasteiger partial charge is 0.269 e. The highest BCUT2D eigenvalue weighted by Gasteiger charge is 2.18. The summed E-state index contributed by atoms with van der Waals surface area (Å²) in [5.74, 6) is 0.500. The minimum Gasteiger partial charge on any atom is -0.497 e. The second-order valence-corrected chi connectivity index (χ2v) is 7.11. The van der Waals surface area contributed by atoms with Gasteiger partial charge in [0.05, 0.1) is 12.8 Å². The highest BCUT2D eigenvalue weighted by molar-refractivity contribution is 7.17. The summed E-state index contributed by atoms with van der Waals surface area (Å²) in [6.07, 6.45) is 0. The molecule has 1 aromatic carbocycles. The second kappa shape index (κ2) is 7.68. The molecule has 0 saturated carbocycles. The molecule has 0 aliphatic carbocycles. The van der Waals surface area contributed by atoms with Crippen LogP contribution in [0.2, 0.25) is 0 Å². The van der Waals surface area contributed by atoms with E-state index in [1.807, 2.05) is 31.2 Å². The van der Waals surface area contributed by atoms with Crippen molar-refractivity contribution in [2.75, 3.05) is 19.5 Å². The first kappa shape index (κ1) is 17.5. The van der Waals surface area contributed by atoms with Gasteiger partial charge in [-0.3, -0.25) is 10.1 Å². The van der Waals surface area contributed by atoms with E-state index in [4.69, 9.17) is 9.47 Å². The summed E-state index contributed by atoms with van der Waals surface area (Å²) in [4.78, 5) is 17.6. The van der Waals surface area contributed by atoms with Crippen LogP contribution in [0.3, 0.4) is 0 Å². The molecule has 2 heterocycles. The van der Waals surface area contributed by atoms with Gasteiger partial charge in [-0.15, -0.1) is 21.5 Å². The lowest BCUT2D eigenvalue weighted by Crippen LogP contribution is -2.11. The van der Waals surface area contributed by atoms with Crippen LogP contribution in [0.4, 0.5) is 5.13 Å². The Hall–Kier alpha value is -2.36. The Morgan fingerprint density at radius 2 is 2.08 bits per heavy atom. The molecule has 0 atom stereocenters. The number of nitrogens with one attached hydrogen (secondary N) is 1. The quantitative estimate of drug-likeness (QED) is 0.710. The van der Waals surface area contributed by atoms with E-state index in [2.05, 4.69) is 20.5 Å². The first-order chi connectivity index (χ1) is 12.1. The fraction of sp³-hybridized carbons (Fsp3) is 0.250. The summed E-state index contributed by atoms with van der Waals surface area (Å²) in [6, 6.07) is 7.58. The van der Waals surface area contributed by atoms with Crippen molar-refractivity contribution >= 4 is 33.7 Å². The number of hydrogen-bond donors (Lipinski definition) is 1. The molecule has 130 valence electrons. The molecule has 0 unspecified atom stereocenters. The number of ether oxygens (including phenoxy) is 2. The van der Waals surface area contributed by atoms with E-state index >= 15 is 0 Å². The number of benzene rings is 1. The third kappa shape index (κ3) is 4.01. The molecule has 0 aliphatic heterocycles. The maximum Gasteiger partial charge on any atom is 0.269 e. The second-order valence-electron chi connectivity index (χ2n) is 5.05. The van der Waals surface area contributed by atoms with Gasteiger partial charge in [-0.1, -0.05) is 23.5 Å². The van der Waals surface area contributed by atoms with Gasteiger partial charge in [0.1, 0.15) is 27.2 Å². The van der Waals surface area contributed by atoms with Crippen LogP contribution in [-0.4, -0.2) is 35.3 Å². The van der Waals surface area contributed by atoms with Gasteiger partial charge in [0.2, 0.25) is 5.13 Å². The summed E-state index contributed by atoms with van der Waals surface area (Å²) in [7, 11) is 3.20. The monoisotopic (exact) mass is 376 g/mol. The molecule has 1 amide bonds. The third-order valence-electron chi connectivity index (χ3n) is 3.27. The number of thiazole rings is 1. The van der Waals surface area contributed by atoms with Gasteiger partial charge >= 0.3 is 0 Å². The minimum absolute atomic E-state index is 0.246. The van der Waals surface area contributed by atoms with Crippen molar-refractivity contribution in [2.24, 2.45) is 0 Å². The lowest BCUT2D eigenvalue weighted by atomic mass is 10.2. The third-order valence-corrected chi connectivity index (χ3v) is 5.29. The van der Waals surface area contributed by atoms with Crippen molar-refractivity contribution in [1.82, 2.24) is 15.2 Å². The first-order valence-corrected chi connectivity index (χ1v) is 8.98. The van der Waals surface area contributed by atoms with Crippen LogP contribution < -0.4 is 10.1 Å². The van der Waals surface area contributed by atoms with Crippen LogP contribution >= 0.6 is 22.7 Å². The first-order valence-electron chi connectivity index (χ1n) is 7.35. The van der Waals surface area contributed by atoms with Crippen molar-refractivity contribution in [1.29, 1.82) is 0 Å². The van der Waals surface area contributed by atoms with Crippen LogP contribution in [-0.2, 0) is 11.3 Å². The van der Waals surface area contributed by atoms with Crippen molar-refractivity contribution in [3.8, 4) is 16.3 Å². The highest BCUT2D eigenvalue weighted by atomic mass is 32.1. The standard InChI is InChI=1S/C16H16N4O3S2/c1-9-13(14(21)18-16-20-19-12(24-16)8-22-2)25-15(17-9)10-5-4-6-11(7-10)23-3/h4-7H,8H2,1-3H3,(H,18,20,21). The zero-order valence-corrected chi connectivity index (χ0v) is 15.5. The van der Waals surface area contributed by atoms with Crippen molar-refractivity contribution in [3.05, 3.63) is 39.8 Å². The lowest BCUT2D eigenvalue weighted by Gasteiger charge is -2.01. The molecular weight excluding hydrogens is 360 g/mol. The number of carbonyl (C=O) groups excluding carboxylic acids is 1. The van der Waals surface area contributed by atoms with Gasteiger partial charge in [0, 0.05) is 12.7 Å². The Labute approximate surface area is 152 Å². The lowest BCUT2D eigenvalue weighted by molar-refractivity contribution is 0.102. The molecule has 25 heavy (non-hydrogen) atoms. The molecule has 0 fully saturated rings. The number of methoxy groups -OCH3 is 2. The summed E-state index contributed by atoms with van der Waals surface area (Å²) < 4.78 is 10.2. The average Bonchev–Trinajstić information content (AvgIpc) is 3.22. The summed E-state index contributed by atoms with van der Waals surface area (Å²) >= 11 is 2.61. The fourth-order valence-corrected chi connectivity index (χ4v) is 3.79. The maximum absolute atomic E-state index is 12.5. The van der Waals surface area contributed by atoms with Gasteiger partial charge in [0.15, 0.2) is 0 Å². The Bertz CT molecular complexity index is 891. The number of hydrogen-bond acceptors (Lipinski definition) is 8. The molecule has 2 aromatic heterocycles. The molecular formula is C16H16N4O3S2. The summed E-state index contributed by atoms with van der Waals surface area (Å²) in [5.41, 5.74) is 1.58. The van der Waals surface area contributed by atoms with Gasteiger partial charge in [-0.25, -0.2) is 4.98 Å². The van der Waals surface area contributed by atoms with E-state index in [9.17, 15) is 4.79 Å². The number of aromatic nitrogens is 3. The number of anilines is 1. The van der Waals surface area contributed by atoms with Crippen LogP contribution in [0.1, 0.15) is 20.4 Å². The maximum atomic E-state index is 12.5. The molecule has 1 N–H and O–H groups in total. The molecule has 0 radical (unpaired) electrons. The van der Waals surface area contributed by atoms with E-state index in [0.717, 1.165) is 16.3 Å². The number of rotatable bonds is 6. The van der Waals surface area contributed by atoms with Crippen LogP contribution in [0.15, 0.2) is 24.3 Å². The summed E-state index contributed by atoms with van der Waals surface area (Å²) in [6.45, 7) is 2.18. The Morgan fingerprint density at radius 1 is 1.24 bits per heavy atom. The van der Waals surface area contributed by atoms with E-state index < -0.39 is 0 Å². The minimum atomic E-state index is -0.246. The van der Waals surface area contributed by atoms with Crippen LogP contribution in [0, 0.1) is 6.92 Å². The Kier molecular flexibility index (Phi) is 5.37. The molecule has 0 aliphatic rings. The largest absolute Gasteiger partial charge is 0.497 e. The number of nitrogens with zero attached hydrogens (tertiary/aromatic N) is 3. The summed E-state index contributed by atoms with van der Waals surface area (Å²) in [5, 5.41) is 12.6. The van der Waals surface area contributed by atoms with Crippen molar-refractivity contribution in [2.45, 2.75) is 13.5 Å². The van der Waals surface area contributed by atoms with Gasteiger partial charge < -0.3 is 9.47 Å². The SMILES string of the molecule is COCc1nnc(NC(=O)c2sc(-c3cccc(OC)c3)nc2C)s1. The zero-order valence-electron chi connectivity index (χ0n) is 13.9. The van der Waals surface area contributed by atoms with E-state index in [1.165, 1.54) is 22.7 Å². The molecule has 0 bridgehead atoms. The van der Waals surface area contributed by atoms with Gasteiger partial charge in [-0.05, 0) is 19.1 Å². The van der Waals surface area contributed by atoms with Crippen molar-refractivity contribution < 1.29 is 14.3 Å². The molecule has 3 aromatic rings. The van der Waals surface area contributed by atoms with E-state index in [1.54, 1.807) is 14.2 Å². The normalized spacial score (nSPS) is 10.7. The van der Waals surface area contributed by atoms with Crippen LogP contribution in [0.5, 0.6) is 5.75 Å². The Balaban J connectivity index is 1.80. The van der Waals surface area contributed by atoms with Crippen LogP contribution in [0.25, 0.3) is 10.6 Å². The zero-order chi connectivity index (χ0) is 17.8. The fourth-order valence-electron chi connectivity index (χ4n) is 2.13. The molecule has 0 spiro atoms. The Morgan fingerprint density at radius 3 is 2.84 bits per heavy atom. The van der Waals surface area contributed by atoms with E-state index in [-0.39, 0.29) is 5.91 Å². The molecule has 3 rings (SSSR count). The van der Waals surface area contributed by atoms with Gasteiger partial charge in [0.25, 0.3) is 5.91 Å². The highest BCUT2D eigenvalue weighted by Crippen LogP contribution is 2.30. The number of aryl methyl sites for hydroxylation is 1. The van der Waals surface area contributed by atoms with E-state index in [0.29, 0.717) is 27.3 Å². The predicted molar refractivity (Wildman–Crippen MR) is 97.4 cm³/mol. The predicted octanol–water partition coefficient (Wildman–Crippen LogP) is 3.38. The van der Waals surface area contributed by atoms with Crippen molar-refractivity contribution in [3.63, 3.8) is 0 Å². The molecule has 7 nitrogen and oxygen atoms in total. The average molecular weight is 376 g/mol. The number of amides is 1. The molecule has 0 saturated heterocycles. The number of carbonyl (C=O) groups is 1. The van der Waals surface area contributed by atoms with Gasteiger partial charge in [-0.2, -0.15) is 0 Å². The molecule has 9 heteroatoms.